The average molecular weight is 311 g/mol. The summed E-state index contributed by atoms with van der Waals surface area (Å²) in [6.07, 6.45) is -0.497. The first-order valence-corrected chi connectivity index (χ1v) is 7.32. The van der Waals surface area contributed by atoms with Gasteiger partial charge in [0.05, 0.1) is 5.69 Å². The lowest BCUT2D eigenvalue weighted by atomic mass is 10.1. The summed E-state index contributed by atoms with van der Waals surface area (Å²) in [4.78, 5) is 23.5. The van der Waals surface area contributed by atoms with Crippen molar-refractivity contribution in [3.8, 4) is 5.75 Å². The van der Waals surface area contributed by atoms with Crippen molar-refractivity contribution in [3.63, 3.8) is 0 Å². The molecule has 0 saturated carbocycles. The van der Waals surface area contributed by atoms with E-state index in [1.807, 2.05) is 36.4 Å². The Morgan fingerprint density at radius 3 is 2.78 bits per heavy atom. The fourth-order valence-electron chi connectivity index (χ4n) is 2.24. The molecule has 0 radical (unpaired) electrons. The highest BCUT2D eigenvalue weighted by Crippen LogP contribution is 2.30. The van der Waals surface area contributed by atoms with Crippen molar-refractivity contribution in [1.82, 2.24) is 5.32 Å². The second-order valence-electron chi connectivity index (χ2n) is 5.25. The number of ether oxygens (including phenoxy) is 1. The third-order valence-electron chi connectivity index (χ3n) is 3.46. The molecule has 1 aliphatic heterocycles. The molecule has 23 heavy (non-hydrogen) atoms. The minimum Gasteiger partial charge on any atom is -0.479 e. The van der Waals surface area contributed by atoms with Crippen LogP contribution in [0.3, 0.4) is 0 Å². The van der Waals surface area contributed by atoms with Crippen molar-refractivity contribution in [1.29, 1.82) is 0 Å². The van der Waals surface area contributed by atoms with Crippen LogP contribution in [-0.2, 0) is 11.3 Å². The Labute approximate surface area is 133 Å². The number of nitrogens with one attached hydrogen (secondary N) is 3. The van der Waals surface area contributed by atoms with Crippen molar-refractivity contribution < 1.29 is 14.3 Å². The molecule has 0 spiro atoms. The maximum absolute atomic E-state index is 11.9. The molecule has 0 bridgehead atoms. The number of amides is 3. The number of hydrogen-bond donors (Lipinski definition) is 3. The Kier molecular flexibility index (Phi) is 4.14. The fraction of sp³-hybridized carbons (Fsp3) is 0.176. The van der Waals surface area contributed by atoms with E-state index >= 15 is 0 Å². The number of fused-ring (bicyclic) bond motifs is 1. The smallest absolute Gasteiger partial charge is 0.319 e. The second-order valence-corrected chi connectivity index (χ2v) is 5.25. The van der Waals surface area contributed by atoms with Gasteiger partial charge in [-0.25, -0.2) is 4.79 Å². The second kappa shape index (κ2) is 6.39. The Bertz CT molecular complexity index is 731. The fourth-order valence-corrected chi connectivity index (χ4v) is 2.24. The molecule has 1 unspecified atom stereocenters. The summed E-state index contributed by atoms with van der Waals surface area (Å²) in [5, 5.41) is 8.30. The van der Waals surface area contributed by atoms with Crippen molar-refractivity contribution in [2.45, 2.75) is 19.6 Å². The third kappa shape index (κ3) is 3.60. The van der Waals surface area contributed by atoms with Crippen LogP contribution in [-0.4, -0.2) is 18.0 Å². The maximum atomic E-state index is 11.9. The van der Waals surface area contributed by atoms with Crippen LogP contribution < -0.4 is 20.7 Å². The molecule has 3 amide bonds. The minimum absolute atomic E-state index is 0.176. The zero-order chi connectivity index (χ0) is 16.2. The first-order valence-electron chi connectivity index (χ1n) is 7.32. The highest BCUT2D eigenvalue weighted by Gasteiger charge is 2.23. The van der Waals surface area contributed by atoms with E-state index in [1.54, 1.807) is 19.1 Å². The van der Waals surface area contributed by atoms with E-state index in [4.69, 9.17) is 4.74 Å². The van der Waals surface area contributed by atoms with Gasteiger partial charge in [0, 0.05) is 12.2 Å². The lowest BCUT2D eigenvalue weighted by Gasteiger charge is -2.23. The number of benzene rings is 2. The largest absolute Gasteiger partial charge is 0.479 e. The number of para-hydroxylation sites is 1. The van der Waals surface area contributed by atoms with Crippen molar-refractivity contribution in [3.05, 3.63) is 54.1 Å². The molecular weight excluding hydrogens is 294 g/mol. The standard InChI is InChI=1S/C17H17N3O3/c1-11-16(21)20-14-9-12(7-8-15(14)23-11)10-18-17(22)19-13-5-3-2-4-6-13/h2-9,11H,10H2,1H3,(H,20,21)(H2,18,19,22). The van der Waals surface area contributed by atoms with E-state index in [0.717, 1.165) is 11.3 Å². The van der Waals surface area contributed by atoms with Crippen LogP contribution in [0.2, 0.25) is 0 Å². The van der Waals surface area contributed by atoms with Crippen LogP contribution in [0.15, 0.2) is 48.5 Å². The van der Waals surface area contributed by atoms with Crippen LogP contribution in [0.5, 0.6) is 5.75 Å². The molecule has 0 saturated heterocycles. The monoisotopic (exact) mass is 311 g/mol. The number of hydrogen-bond acceptors (Lipinski definition) is 3. The Morgan fingerprint density at radius 2 is 2.00 bits per heavy atom. The molecule has 6 nitrogen and oxygen atoms in total. The predicted octanol–water partition coefficient (Wildman–Crippen LogP) is 2.73. The van der Waals surface area contributed by atoms with Crippen LogP contribution >= 0.6 is 0 Å². The van der Waals surface area contributed by atoms with Crippen molar-refractivity contribution >= 4 is 23.3 Å². The Balaban J connectivity index is 1.60. The summed E-state index contributed by atoms with van der Waals surface area (Å²) in [7, 11) is 0. The molecule has 1 atom stereocenters. The highest BCUT2D eigenvalue weighted by molar-refractivity contribution is 5.97. The Hall–Kier alpha value is -3.02. The van der Waals surface area contributed by atoms with Gasteiger partial charge in [-0.2, -0.15) is 0 Å². The summed E-state index contributed by atoms with van der Waals surface area (Å²) in [5.41, 5.74) is 2.21. The summed E-state index contributed by atoms with van der Waals surface area (Å²) < 4.78 is 5.49. The summed E-state index contributed by atoms with van der Waals surface area (Å²) in [6.45, 7) is 2.04. The lowest BCUT2D eigenvalue weighted by Crippen LogP contribution is -2.34. The molecule has 1 heterocycles. The van der Waals surface area contributed by atoms with E-state index in [-0.39, 0.29) is 11.9 Å². The SMILES string of the molecule is CC1Oc2ccc(CNC(=O)Nc3ccccc3)cc2NC1=O. The summed E-state index contributed by atoms with van der Waals surface area (Å²) in [6, 6.07) is 14.4. The molecule has 2 aromatic carbocycles. The molecule has 1 aliphatic rings. The summed E-state index contributed by atoms with van der Waals surface area (Å²) >= 11 is 0. The molecule has 118 valence electrons. The van der Waals surface area contributed by atoms with Gasteiger partial charge in [0.2, 0.25) is 0 Å². The summed E-state index contributed by atoms with van der Waals surface area (Å²) in [5.74, 6) is 0.457. The van der Waals surface area contributed by atoms with E-state index in [2.05, 4.69) is 16.0 Å². The van der Waals surface area contributed by atoms with Gasteiger partial charge in [-0.1, -0.05) is 24.3 Å². The van der Waals surface area contributed by atoms with Gasteiger partial charge < -0.3 is 20.7 Å². The number of carbonyl (C=O) groups is 2. The normalized spacial score (nSPS) is 15.9. The molecule has 0 aromatic heterocycles. The van der Waals surface area contributed by atoms with Crippen LogP contribution in [0.1, 0.15) is 12.5 Å². The maximum Gasteiger partial charge on any atom is 0.319 e. The molecule has 6 heteroatoms. The highest BCUT2D eigenvalue weighted by atomic mass is 16.5. The Morgan fingerprint density at radius 1 is 1.22 bits per heavy atom. The number of urea groups is 1. The zero-order valence-corrected chi connectivity index (χ0v) is 12.6. The predicted molar refractivity (Wildman–Crippen MR) is 87.5 cm³/mol. The van der Waals surface area contributed by atoms with Crippen LogP contribution in [0.25, 0.3) is 0 Å². The first kappa shape index (κ1) is 14.9. The van der Waals surface area contributed by atoms with E-state index in [1.165, 1.54) is 0 Å². The minimum atomic E-state index is -0.497. The topological polar surface area (TPSA) is 79.5 Å². The number of rotatable bonds is 3. The molecule has 0 aliphatic carbocycles. The third-order valence-corrected chi connectivity index (χ3v) is 3.46. The molecule has 0 fully saturated rings. The first-order chi connectivity index (χ1) is 11.1. The van der Waals surface area contributed by atoms with E-state index < -0.39 is 6.10 Å². The lowest BCUT2D eigenvalue weighted by molar-refractivity contribution is -0.122. The van der Waals surface area contributed by atoms with Gasteiger partial charge >= 0.3 is 6.03 Å². The quantitative estimate of drug-likeness (QED) is 0.815. The van der Waals surface area contributed by atoms with Gasteiger partial charge in [0.25, 0.3) is 5.91 Å². The van der Waals surface area contributed by atoms with Crippen LogP contribution in [0.4, 0.5) is 16.2 Å². The van der Waals surface area contributed by atoms with Gasteiger partial charge in [-0.3, -0.25) is 4.79 Å². The number of carbonyl (C=O) groups excluding carboxylic acids is 2. The van der Waals surface area contributed by atoms with Crippen LogP contribution in [0, 0.1) is 0 Å². The average Bonchev–Trinajstić information content (AvgIpc) is 2.55. The number of anilines is 2. The van der Waals surface area contributed by atoms with Gasteiger partial charge in [0.15, 0.2) is 6.10 Å². The zero-order valence-electron chi connectivity index (χ0n) is 12.6. The van der Waals surface area contributed by atoms with E-state index in [9.17, 15) is 9.59 Å². The van der Waals surface area contributed by atoms with E-state index in [0.29, 0.717) is 18.0 Å². The van der Waals surface area contributed by atoms with Gasteiger partial charge in [0.1, 0.15) is 5.75 Å². The molecular formula is C17H17N3O3. The molecule has 3 rings (SSSR count). The molecule has 2 aromatic rings. The van der Waals surface area contributed by atoms with Gasteiger partial charge in [-0.05, 0) is 36.8 Å². The molecule has 3 N–H and O–H groups in total. The van der Waals surface area contributed by atoms with Gasteiger partial charge in [-0.15, -0.1) is 0 Å². The van der Waals surface area contributed by atoms with Crippen molar-refractivity contribution in [2.75, 3.05) is 10.6 Å². The van der Waals surface area contributed by atoms with Crippen molar-refractivity contribution in [2.24, 2.45) is 0 Å².